The molecule has 0 aliphatic rings. The van der Waals surface area contributed by atoms with Crippen LogP contribution in [0.25, 0.3) is 0 Å². The van der Waals surface area contributed by atoms with Crippen molar-refractivity contribution >= 4 is 46.3 Å². The molecule has 0 fully saturated rings. The summed E-state index contributed by atoms with van der Waals surface area (Å²) in [6.07, 6.45) is 0. The molecule has 0 saturated carbocycles. The zero-order valence-corrected chi connectivity index (χ0v) is 15.5. The van der Waals surface area contributed by atoms with Crippen LogP contribution in [0.15, 0.2) is 70.5 Å². The van der Waals surface area contributed by atoms with Gasteiger partial charge in [0.05, 0.1) is 5.02 Å². The van der Waals surface area contributed by atoms with E-state index < -0.39 is 0 Å². The second-order valence-corrected chi connectivity index (χ2v) is 7.40. The highest BCUT2D eigenvalue weighted by Gasteiger charge is 2.07. The molecule has 0 atom stereocenters. The molecule has 0 amide bonds. The third kappa shape index (κ3) is 4.75. The summed E-state index contributed by atoms with van der Waals surface area (Å²) >= 11 is 13.5. The van der Waals surface area contributed by atoms with Crippen molar-refractivity contribution in [2.45, 2.75) is 16.3 Å². The van der Waals surface area contributed by atoms with Gasteiger partial charge in [0.2, 0.25) is 0 Å². The van der Waals surface area contributed by atoms with Gasteiger partial charge in [-0.05, 0) is 66.2 Å². The van der Waals surface area contributed by atoms with E-state index in [9.17, 15) is 5.11 Å². The maximum absolute atomic E-state index is 9.50. The van der Waals surface area contributed by atoms with Crippen molar-refractivity contribution in [2.75, 3.05) is 11.1 Å². The van der Waals surface area contributed by atoms with E-state index in [2.05, 4.69) is 5.32 Å². The summed E-state index contributed by atoms with van der Waals surface area (Å²) in [5.41, 5.74) is 8.55. The van der Waals surface area contributed by atoms with Crippen molar-refractivity contribution in [2.24, 2.45) is 0 Å². The van der Waals surface area contributed by atoms with E-state index >= 15 is 0 Å². The number of nitrogens with one attached hydrogen (secondary N) is 1. The van der Waals surface area contributed by atoms with Crippen LogP contribution in [-0.4, -0.2) is 5.11 Å². The van der Waals surface area contributed by atoms with E-state index in [-0.39, 0.29) is 5.75 Å². The van der Waals surface area contributed by atoms with E-state index in [1.807, 2.05) is 42.5 Å². The molecule has 3 aromatic rings. The molecule has 0 spiro atoms. The first-order valence-corrected chi connectivity index (χ1v) is 9.13. The van der Waals surface area contributed by atoms with Gasteiger partial charge in [-0.25, -0.2) is 0 Å². The van der Waals surface area contributed by atoms with Crippen molar-refractivity contribution in [3.05, 3.63) is 76.3 Å². The Labute approximate surface area is 160 Å². The molecule has 4 N–H and O–H groups in total. The zero-order chi connectivity index (χ0) is 17.8. The van der Waals surface area contributed by atoms with Gasteiger partial charge in [-0.1, -0.05) is 35.0 Å². The van der Waals surface area contributed by atoms with Crippen LogP contribution in [0.2, 0.25) is 10.0 Å². The number of hydrogen-bond donors (Lipinski definition) is 3. The first-order valence-electron chi connectivity index (χ1n) is 7.55. The Morgan fingerprint density at radius 1 is 0.960 bits per heavy atom. The Morgan fingerprint density at radius 3 is 2.44 bits per heavy atom. The second kappa shape index (κ2) is 7.91. The van der Waals surface area contributed by atoms with Gasteiger partial charge < -0.3 is 16.2 Å². The molecule has 0 aliphatic carbocycles. The van der Waals surface area contributed by atoms with E-state index in [1.165, 1.54) is 0 Å². The minimum absolute atomic E-state index is 0.0650. The highest BCUT2D eigenvalue weighted by molar-refractivity contribution is 7.99. The fourth-order valence-corrected chi connectivity index (χ4v) is 3.51. The molecule has 0 heterocycles. The van der Waals surface area contributed by atoms with Gasteiger partial charge in [-0.3, -0.25) is 0 Å². The van der Waals surface area contributed by atoms with Crippen LogP contribution < -0.4 is 11.1 Å². The lowest BCUT2D eigenvalue weighted by atomic mass is 10.2. The molecule has 0 bridgehead atoms. The molecule has 3 aromatic carbocycles. The quantitative estimate of drug-likeness (QED) is 0.366. The molecule has 0 radical (unpaired) electrons. The van der Waals surface area contributed by atoms with E-state index in [4.69, 9.17) is 28.9 Å². The molecule has 0 saturated heterocycles. The lowest BCUT2D eigenvalue weighted by Gasteiger charge is -2.13. The molecular weight excluding hydrogens is 375 g/mol. The Kier molecular flexibility index (Phi) is 5.63. The van der Waals surface area contributed by atoms with E-state index in [0.717, 1.165) is 21.0 Å². The van der Waals surface area contributed by atoms with Crippen molar-refractivity contribution in [3.63, 3.8) is 0 Å². The molecule has 0 aliphatic heterocycles. The number of aromatic hydroxyl groups is 1. The van der Waals surface area contributed by atoms with Gasteiger partial charge in [0.1, 0.15) is 5.75 Å². The van der Waals surface area contributed by atoms with Crippen LogP contribution in [0, 0.1) is 0 Å². The summed E-state index contributed by atoms with van der Waals surface area (Å²) in [6.45, 7) is 0.585. The van der Waals surface area contributed by atoms with Crippen LogP contribution >= 0.6 is 35.0 Å². The number of nitrogen functional groups attached to an aromatic ring is 1. The summed E-state index contributed by atoms with van der Waals surface area (Å²) in [4.78, 5) is 2.21. The fraction of sp³-hybridized carbons (Fsp3) is 0.0526. The maximum Gasteiger partial charge on any atom is 0.134 e. The molecular formula is C19H16Cl2N2OS. The summed E-state index contributed by atoms with van der Waals surface area (Å²) in [5, 5.41) is 13.8. The van der Waals surface area contributed by atoms with Crippen molar-refractivity contribution in [1.29, 1.82) is 0 Å². The standard InChI is InChI=1S/C19H16Cl2N2OS/c20-13-1-5-16(6-2-13)25-19-8-3-14(22)9-12(19)11-23-15-4-7-18(24)17(21)10-15/h1-10,23-24H,11,22H2. The van der Waals surface area contributed by atoms with Gasteiger partial charge >= 0.3 is 0 Å². The van der Waals surface area contributed by atoms with Gasteiger partial charge in [-0.15, -0.1) is 0 Å². The van der Waals surface area contributed by atoms with Crippen LogP contribution in [0.3, 0.4) is 0 Å². The minimum Gasteiger partial charge on any atom is -0.506 e. The number of phenolic OH excluding ortho intramolecular Hbond substituents is 1. The summed E-state index contributed by atoms with van der Waals surface area (Å²) in [5.74, 6) is 0.0650. The van der Waals surface area contributed by atoms with Gasteiger partial charge in [-0.2, -0.15) is 0 Å². The average Bonchev–Trinajstić information content (AvgIpc) is 2.60. The third-order valence-electron chi connectivity index (χ3n) is 3.56. The minimum atomic E-state index is 0.0650. The maximum atomic E-state index is 9.50. The van der Waals surface area contributed by atoms with Gasteiger partial charge in [0, 0.05) is 32.7 Å². The second-order valence-electron chi connectivity index (χ2n) is 5.44. The highest BCUT2D eigenvalue weighted by atomic mass is 35.5. The summed E-state index contributed by atoms with van der Waals surface area (Å²) in [6, 6.07) is 18.6. The summed E-state index contributed by atoms with van der Waals surface area (Å²) < 4.78 is 0. The molecule has 6 heteroatoms. The predicted octanol–water partition coefficient (Wildman–Crippen LogP) is 6.04. The molecule has 0 unspecified atom stereocenters. The lowest BCUT2D eigenvalue weighted by molar-refractivity contribution is 0.475. The topological polar surface area (TPSA) is 58.3 Å². The summed E-state index contributed by atoms with van der Waals surface area (Å²) in [7, 11) is 0. The first kappa shape index (κ1) is 17.8. The Bertz CT molecular complexity index is 885. The van der Waals surface area contributed by atoms with E-state index in [1.54, 1.807) is 30.0 Å². The van der Waals surface area contributed by atoms with Gasteiger partial charge in [0.15, 0.2) is 0 Å². The number of rotatable bonds is 5. The largest absolute Gasteiger partial charge is 0.506 e. The SMILES string of the molecule is Nc1ccc(Sc2ccc(Cl)cc2)c(CNc2ccc(O)c(Cl)c2)c1. The molecule has 3 rings (SSSR count). The Hall–Kier alpha value is -2.01. The number of benzene rings is 3. The first-order chi connectivity index (χ1) is 12.0. The average molecular weight is 391 g/mol. The number of phenols is 1. The third-order valence-corrected chi connectivity index (χ3v) is 5.24. The highest BCUT2D eigenvalue weighted by Crippen LogP contribution is 2.33. The number of hydrogen-bond acceptors (Lipinski definition) is 4. The predicted molar refractivity (Wildman–Crippen MR) is 107 cm³/mol. The lowest BCUT2D eigenvalue weighted by Crippen LogP contribution is -2.02. The monoisotopic (exact) mass is 390 g/mol. The van der Waals surface area contributed by atoms with Crippen LogP contribution in [0.1, 0.15) is 5.56 Å². The van der Waals surface area contributed by atoms with Crippen molar-refractivity contribution in [1.82, 2.24) is 0 Å². The number of anilines is 2. The van der Waals surface area contributed by atoms with Gasteiger partial charge in [0.25, 0.3) is 0 Å². The smallest absolute Gasteiger partial charge is 0.134 e. The molecule has 128 valence electrons. The molecule has 0 aromatic heterocycles. The molecule has 3 nitrogen and oxygen atoms in total. The van der Waals surface area contributed by atoms with E-state index in [0.29, 0.717) is 22.3 Å². The normalized spacial score (nSPS) is 10.6. The van der Waals surface area contributed by atoms with Crippen LogP contribution in [-0.2, 0) is 6.54 Å². The Balaban J connectivity index is 1.78. The number of nitrogens with two attached hydrogens (primary N) is 1. The molecule has 25 heavy (non-hydrogen) atoms. The Morgan fingerprint density at radius 2 is 1.72 bits per heavy atom. The van der Waals surface area contributed by atoms with Crippen molar-refractivity contribution < 1.29 is 5.11 Å². The van der Waals surface area contributed by atoms with Crippen LogP contribution in [0.4, 0.5) is 11.4 Å². The zero-order valence-electron chi connectivity index (χ0n) is 13.2. The van der Waals surface area contributed by atoms with Crippen molar-refractivity contribution in [3.8, 4) is 5.75 Å². The fourth-order valence-electron chi connectivity index (χ4n) is 2.28. The van der Waals surface area contributed by atoms with Crippen LogP contribution in [0.5, 0.6) is 5.75 Å². The number of halogens is 2.